The van der Waals surface area contributed by atoms with E-state index in [0.29, 0.717) is 25.1 Å². The molecule has 2 rings (SSSR count). The van der Waals surface area contributed by atoms with E-state index in [-0.39, 0.29) is 12.0 Å². The van der Waals surface area contributed by atoms with Crippen LogP contribution in [0.1, 0.15) is 16.8 Å². The molecule has 0 saturated carbocycles. The Morgan fingerprint density at radius 2 is 2.35 bits per heavy atom. The van der Waals surface area contributed by atoms with Gasteiger partial charge in [0.25, 0.3) is 5.91 Å². The van der Waals surface area contributed by atoms with Crippen LogP contribution in [0.3, 0.4) is 0 Å². The smallest absolute Gasteiger partial charge is 0.254 e. The van der Waals surface area contributed by atoms with Gasteiger partial charge in [0.1, 0.15) is 5.82 Å². The fraction of sp³-hybridized carbons (Fsp3) is 0.500. The molecule has 1 aliphatic rings. The average Bonchev–Trinajstić information content (AvgIpc) is 2.75. The maximum absolute atomic E-state index is 12.1. The standard InChI is InChI=1S/C12H17N3O2/c1-14(2)11-7-9(3-5-13-11)12(17)15-6-4-10(16)8-15/h3,5,7,10,16H,4,6,8H2,1-2H3/t10-/m0/s1. The molecular formula is C12H17N3O2. The third-order valence-electron chi connectivity index (χ3n) is 2.90. The van der Waals surface area contributed by atoms with E-state index in [1.165, 1.54) is 0 Å². The Morgan fingerprint density at radius 3 is 2.94 bits per heavy atom. The van der Waals surface area contributed by atoms with E-state index < -0.39 is 0 Å². The van der Waals surface area contributed by atoms with Crippen molar-refractivity contribution in [2.45, 2.75) is 12.5 Å². The van der Waals surface area contributed by atoms with Crippen LogP contribution in [0, 0.1) is 0 Å². The minimum absolute atomic E-state index is 0.0351. The van der Waals surface area contributed by atoms with Crippen molar-refractivity contribution in [2.24, 2.45) is 0 Å². The fourth-order valence-corrected chi connectivity index (χ4v) is 1.90. The molecule has 1 aromatic rings. The van der Waals surface area contributed by atoms with Gasteiger partial charge in [-0.2, -0.15) is 0 Å². The second-order valence-electron chi connectivity index (χ2n) is 4.49. The number of amides is 1. The first-order valence-corrected chi connectivity index (χ1v) is 5.68. The Balaban J connectivity index is 2.16. The highest BCUT2D eigenvalue weighted by molar-refractivity contribution is 5.95. The Hall–Kier alpha value is -1.62. The lowest BCUT2D eigenvalue weighted by Crippen LogP contribution is -2.29. The third kappa shape index (κ3) is 2.55. The molecule has 0 radical (unpaired) electrons. The van der Waals surface area contributed by atoms with E-state index in [1.807, 2.05) is 19.0 Å². The van der Waals surface area contributed by atoms with Gasteiger partial charge in [0, 0.05) is 38.9 Å². The summed E-state index contributed by atoms with van der Waals surface area (Å²) in [5.74, 6) is 0.725. The number of rotatable bonds is 2. The van der Waals surface area contributed by atoms with Crippen molar-refractivity contribution in [1.82, 2.24) is 9.88 Å². The minimum Gasteiger partial charge on any atom is -0.391 e. The zero-order valence-corrected chi connectivity index (χ0v) is 10.1. The van der Waals surface area contributed by atoms with E-state index in [2.05, 4.69) is 4.98 Å². The molecule has 5 heteroatoms. The van der Waals surface area contributed by atoms with E-state index >= 15 is 0 Å². The molecule has 0 aliphatic carbocycles. The van der Waals surface area contributed by atoms with E-state index in [4.69, 9.17) is 0 Å². The predicted molar refractivity (Wildman–Crippen MR) is 65.1 cm³/mol. The van der Waals surface area contributed by atoms with Gasteiger partial charge in [0.05, 0.1) is 6.10 Å². The van der Waals surface area contributed by atoms with Gasteiger partial charge in [-0.25, -0.2) is 4.98 Å². The normalized spacial score (nSPS) is 19.5. The average molecular weight is 235 g/mol. The highest BCUT2D eigenvalue weighted by Gasteiger charge is 2.25. The summed E-state index contributed by atoms with van der Waals surface area (Å²) in [5, 5.41) is 9.42. The second kappa shape index (κ2) is 4.71. The molecule has 5 nitrogen and oxygen atoms in total. The lowest BCUT2D eigenvalue weighted by Gasteiger charge is -2.17. The molecule has 92 valence electrons. The van der Waals surface area contributed by atoms with Gasteiger partial charge in [0.2, 0.25) is 0 Å². The number of nitrogens with zero attached hydrogens (tertiary/aromatic N) is 3. The van der Waals surface area contributed by atoms with Crippen molar-refractivity contribution in [3.8, 4) is 0 Å². The van der Waals surface area contributed by atoms with E-state index in [1.54, 1.807) is 23.2 Å². The van der Waals surface area contributed by atoms with Crippen LogP contribution >= 0.6 is 0 Å². The summed E-state index contributed by atoms with van der Waals surface area (Å²) in [4.78, 5) is 19.8. The largest absolute Gasteiger partial charge is 0.391 e. The molecular weight excluding hydrogens is 218 g/mol. The zero-order chi connectivity index (χ0) is 12.4. The molecule has 2 heterocycles. The monoisotopic (exact) mass is 235 g/mol. The number of carbonyl (C=O) groups excluding carboxylic acids is 1. The Kier molecular flexibility index (Phi) is 3.28. The Morgan fingerprint density at radius 1 is 1.59 bits per heavy atom. The quantitative estimate of drug-likeness (QED) is 0.804. The summed E-state index contributed by atoms with van der Waals surface area (Å²) in [6.07, 6.45) is 1.92. The number of aliphatic hydroxyl groups excluding tert-OH is 1. The first-order chi connectivity index (χ1) is 8.08. The van der Waals surface area contributed by atoms with Gasteiger partial charge >= 0.3 is 0 Å². The number of pyridine rings is 1. The third-order valence-corrected chi connectivity index (χ3v) is 2.90. The van der Waals surface area contributed by atoms with Crippen molar-refractivity contribution < 1.29 is 9.90 Å². The van der Waals surface area contributed by atoms with Crippen LogP contribution in [0.4, 0.5) is 5.82 Å². The summed E-state index contributed by atoms with van der Waals surface area (Å²) >= 11 is 0. The molecule has 1 fully saturated rings. The number of hydrogen-bond acceptors (Lipinski definition) is 4. The van der Waals surface area contributed by atoms with Crippen molar-refractivity contribution in [3.63, 3.8) is 0 Å². The van der Waals surface area contributed by atoms with Gasteiger partial charge in [-0.05, 0) is 18.6 Å². The van der Waals surface area contributed by atoms with Crippen molar-refractivity contribution >= 4 is 11.7 Å². The second-order valence-corrected chi connectivity index (χ2v) is 4.49. The van der Waals surface area contributed by atoms with Crippen LogP contribution in [0.25, 0.3) is 0 Å². The molecule has 1 N–H and O–H groups in total. The number of aliphatic hydroxyl groups is 1. The number of aromatic nitrogens is 1. The molecule has 0 unspecified atom stereocenters. The number of anilines is 1. The lowest BCUT2D eigenvalue weighted by atomic mass is 10.2. The first-order valence-electron chi connectivity index (χ1n) is 5.68. The van der Waals surface area contributed by atoms with Crippen LogP contribution in [0.5, 0.6) is 0 Å². The molecule has 1 saturated heterocycles. The van der Waals surface area contributed by atoms with E-state index in [0.717, 1.165) is 5.82 Å². The van der Waals surface area contributed by atoms with E-state index in [9.17, 15) is 9.90 Å². The summed E-state index contributed by atoms with van der Waals surface area (Å²) in [6.45, 7) is 1.05. The first kappa shape index (κ1) is 11.9. The van der Waals surface area contributed by atoms with Crippen LogP contribution in [0.15, 0.2) is 18.3 Å². The number of carbonyl (C=O) groups is 1. The molecule has 17 heavy (non-hydrogen) atoms. The van der Waals surface area contributed by atoms with Gasteiger partial charge in [-0.1, -0.05) is 0 Å². The number of likely N-dealkylation sites (tertiary alicyclic amines) is 1. The summed E-state index contributed by atoms with van der Waals surface area (Å²) in [7, 11) is 3.77. The maximum Gasteiger partial charge on any atom is 0.254 e. The van der Waals surface area contributed by atoms with Crippen LogP contribution < -0.4 is 4.90 Å². The van der Waals surface area contributed by atoms with Crippen LogP contribution in [-0.4, -0.2) is 54.2 Å². The summed E-state index contributed by atoms with van der Waals surface area (Å²) in [6, 6.07) is 3.48. The summed E-state index contributed by atoms with van der Waals surface area (Å²) in [5.41, 5.74) is 0.623. The minimum atomic E-state index is -0.380. The lowest BCUT2D eigenvalue weighted by molar-refractivity contribution is 0.0765. The Labute approximate surface area is 101 Å². The maximum atomic E-state index is 12.1. The highest BCUT2D eigenvalue weighted by atomic mass is 16.3. The van der Waals surface area contributed by atoms with Crippen molar-refractivity contribution in [3.05, 3.63) is 23.9 Å². The molecule has 1 atom stereocenters. The topological polar surface area (TPSA) is 56.7 Å². The molecule has 0 aromatic carbocycles. The Bertz CT molecular complexity index is 420. The van der Waals surface area contributed by atoms with Gasteiger partial charge in [0.15, 0.2) is 0 Å². The molecule has 1 aromatic heterocycles. The van der Waals surface area contributed by atoms with Crippen molar-refractivity contribution in [1.29, 1.82) is 0 Å². The summed E-state index contributed by atoms with van der Waals surface area (Å²) < 4.78 is 0. The van der Waals surface area contributed by atoms with Gasteiger partial charge in [-0.15, -0.1) is 0 Å². The number of β-amino-alcohol motifs (C(OH)–C–C–N with tert-alkyl or cyclic N) is 1. The fourth-order valence-electron chi connectivity index (χ4n) is 1.90. The highest BCUT2D eigenvalue weighted by Crippen LogP contribution is 2.16. The number of hydrogen-bond donors (Lipinski definition) is 1. The van der Waals surface area contributed by atoms with Crippen LogP contribution in [-0.2, 0) is 0 Å². The molecule has 1 amide bonds. The SMILES string of the molecule is CN(C)c1cc(C(=O)N2CC[C@H](O)C2)ccn1. The zero-order valence-electron chi connectivity index (χ0n) is 10.1. The molecule has 1 aliphatic heterocycles. The molecule has 0 spiro atoms. The predicted octanol–water partition coefficient (Wildman–Crippen LogP) is 0.354. The molecule has 0 bridgehead atoms. The van der Waals surface area contributed by atoms with Gasteiger partial charge < -0.3 is 14.9 Å². The van der Waals surface area contributed by atoms with Crippen LogP contribution in [0.2, 0.25) is 0 Å². The van der Waals surface area contributed by atoms with Crippen molar-refractivity contribution in [2.75, 3.05) is 32.1 Å². The van der Waals surface area contributed by atoms with Gasteiger partial charge in [-0.3, -0.25) is 4.79 Å².